The monoisotopic (exact) mass is 716 g/mol. The van der Waals surface area contributed by atoms with E-state index >= 15 is 0 Å². The van der Waals surface area contributed by atoms with Crippen LogP contribution in [0.3, 0.4) is 0 Å². The van der Waals surface area contributed by atoms with Crippen LogP contribution >= 0.6 is 0 Å². The maximum absolute atomic E-state index is 6.41. The molecular weight excluding hydrogens is 681 g/mol. The van der Waals surface area contributed by atoms with E-state index < -0.39 is 0 Å². The molecular formula is C53H36N2O. The van der Waals surface area contributed by atoms with Crippen LogP contribution in [0.5, 0.6) is 0 Å². The van der Waals surface area contributed by atoms with Crippen molar-refractivity contribution in [3.05, 3.63) is 193 Å². The van der Waals surface area contributed by atoms with E-state index in [1.807, 2.05) is 36.4 Å². The summed E-state index contributed by atoms with van der Waals surface area (Å²) in [5, 5.41) is 4.76. The number of aromatic nitrogens is 2. The molecule has 11 rings (SSSR count). The Morgan fingerprint density at radius 3 is 1.84 bits per heavy atom. The summed E-state index contributed by atoms with van der Waals surface area (Å²) in [5.74, 6) is 0.695. The highest BCUT2D eigenvalue weighted by Gasteiger charge is 2.37. The number of furan rings is 1. The highest BCUT2D eigenvalue weighted by Crippen LogP contribution is 2.53. The molecule has 1 aliphatic rings. The molecule has 3 heteroatoms. The van der Waals surface area contributed by atoms with E-state index in [2.05, 4.69) is 159 Å². The van der Waals surface area contributed by atoms with Crippen LogP contribution in [-0.4, -0.2) is 9.97 Å². The molecule has 10 aromatic rings. The second kappa shape index (κ2) is 12.5. The Balaban J connectivity index is 1.17. The molecule has 56 heavy (non-hydrogen) atoms. The Bertz CT molecular complexity index is 3100. The van der Waals surface area contributed by atoms with E-state index in [1.54, 1.807) is 0 Å². The highest BCUT2D eigenvalue weighted by atomic mass is 16.3. The summed E-state index contributed by atoms with van der Waals surface area (Å²) in [6.45, 7) is 4.72. The van der Waals surface area contributed by atoms with Gasteiger partial charge in [-0.15, -0.1) is 0 Å². The first-order valence-corrected chi connectivity index (χ1v) is 19.2. The fourth-order valence-electron chi connectivity index (χ4n) is 8.78. The summed E-state index contributed by atoms with van der Waals surface area (Å²) in [7, 11) is 0. The van der Waals surface area contributed by atoms with Crippen LogP contribution in [0.4, 0.5) is 0 Å². The molecule has 0 amide bonds. The minimum absolute atomic E-state index is 0.153. The van der Waals surface area contributed by atoms with E-state index in [-0.39, 0.29) is 5.41 Å². The maximum atomic E-state index is 6.41. The first kappa shape index (κ1) is 32.3. The second-order valence-corrected chi connectivity index (χ2v) is 15.4. The van der Waals surface area contributed by atoms with Gasteiger partial charge >= 0.3 is 0 Å². The molecule has 2 heterocycles. The number of hydrogen-bond acceptors (Lipinski definition) is 3. The third kappa shape index (κ3) is 5.20. The van der Waals surface area contributed by atoms with Crippen LogP contribution in [0.2, 0.25) is 0 Å². The van der Waals surface area contributed by atoms with Crippen LogP contribution in [0.25, 0.3) is 100.0 Å². The molecule has 0 unspecified atom stereocenters. The Morgan fingerprint density at radius 1 is 0.393 bits per heavy atom. The van der Waals surface area contributed by atoms with Crippen molar-refractivity contribution in [2.75, 3.05) is 0 Å². The van der Waals surface area contributed by atoms with Gasteiger partial charge in [0.15, 0.2) is 5.82 Å². The zero-order chi connectivity index (χ0) is 37.4. The molecule has 0 radical (unpaired) electrons. The molecule has 0 spiro atoms. The van der Waals surface area contributed by atoms with Gasteiger partial charge in [0, 0.05) is 32.9 Å². The largest absolute Gasteiger partial charge is 0.456 e. The smallest absolute Gasteiger partial charge is 0.160 e. The molecule has 8 aromatic carbocycles. The minimum atomic E-state index is -0.153. The van der Waals surface area contributed by atoms with Gasteiger partial charge in [-0.25, -0.2) is 9.97 Å². The van der Waals surface area contributed by atoms with Crippen molar-refractivity contribution in [3.8, 4) is 67.3 Å². The summed E-state index contributed by atoms with van der Waals surface area (Å²) < 4.78 is 6.41. The van der Waals surface area contributed by atoms with Crippen LogP contribution in [-0.2, 0) is 5.41 Å². The lowest BCUT2D eigenvalue weighted by Crippen LogP contribution is -2.14. The summed E-state index contributed by atoms with van der Waals surface area (Å²) >= 11 is 0. The third-order valence-electron chi connectivity index (χ3n) is 11.6. The van der Waals surface area contributed by atoms with Gasteiger partial charge in [-0.3, -0.25) is 0 Å². The number of hydrogen-bond donors (Lipinski definition) is 0. The van der Waals surface area contributed by atoms with Gasteiger partial charge in [0.25, 0.3) is 0 Å². The van der Waals surface area contributed by atoms with Crippen molar-refractivity contribution in [2.24, 2.45) is 0 Å². The van der Waals surface area contributed by atoms with Crippen molar-refractivity contribution in [1.82, 2.24) is 9.97 Å². The Labute approximate surface area is 325 Å². The number of nitrogens with zero attached hydrogens (tertiary/aromatic N) is 2. The first-order chi connectivity index (χ1) is 27.5. The van der Waals surface area contributed by atoms with E-state index in [0.29, 0.717) is 5.82 Å². The molecule has 1 aliphatic carbocycles. The molecule has 2 aromatic heterocycles. The van der Waals surface area contributed by atoms with Gasteiger partial charge in [-0.2, -0.15) is 0 Å². The van der Waals surface area contributed by atoms with E-state index in [4.69, 9.17) is 14.4 Å². The highest BCUT2D eigenvalue weighted by molar-refractivity contribution is 6.06. The van der Waals surface area contributed by atoms with E-state index in [9.17, 15) is 0 Å². The van der Waals surface area contributed by atoms with Crippen molar-refractivity contribution in [1.29, 1.82) is 0 Å². The quantitative estimate of drug-likeness (QED) is 0.178. The zero-order valence-corrected chi connectivity index (χ0v) is 31.1. The van der Waals surface area contributed by atoms with Gasteiger partial charge in [0.1, 0.15) is 11.2 Å². The third-order valence-corrected chi connectivity index (χ3v) is 11.6. The van der Waals surface area contributed by atoms with Gasteiger partial charge in [0.05, 0.1) is 11.4 Å². The van der Waals surface area contributed by atoms with Gasteiger partial charge in [0.2, 0.25) is 0 Å². The topological polar surface area (TPSA) is 38.9 Å². The minimum Gasteiger partial charge on any atom is -0.456 e. The standard InChI is InChI=1S/C53H36N2O/c1-53(2)45-22-13-21-41(51(45)44-29-35-18-9-10-19-36(35)30-46(44)53)39-26-38(37-24-25-43-42-20-11-12-23-49(42)56-50(43)31-37)27-40(28-39)48-32-47(33-14-5-3-6-15-33)54-52(55-48)34-16-7-4-8-17-34/h3-32H,1-2H3. The normalized spacial score (nSPS) is 13.0. The lowest BCUT2D eigenvalue weighted by molar-refractivity contribution is 0.661. The molecule has 0 saturated carbocycles. The summed E-state index contributed by atoms with van der Waals surface area (Å²) in [5.41, 5.74) is 16.2. The number of rotatable bonds is 5. The summed E-state index contributed by atoms with van der Waals surface area (Å²) in [6.07, 6.45) is 0. The SMILES string of the molecule is CC1(C)c2cc3ccccc3cc2-c2c(-c3cc(-c4ccc5c(c4)oc4ccccc45)cc(-c4cc(-c5ccccc5)nc(-c5ccccc5)n4)c3)cccc21. The summed E-state index contributed by atoms with van der Waals surface area (Å²) in [6, 6.07) is 64.9. The van der Waals surface area contributed by atoms with E-state index in [1.165, 1.54) is 38.6 Å². The average Bonchev–Trinajstić information content (AvgIpc) is 3.74. The van der Waals surface area contributed by atoms with Crippen molar-refractivity contribution < 1.29 is 4.42 Å². The lowest BCUT2D eigenvalue weighted by atomic mass is 9.81. The maximum Gasteiger partial charge on any atom is 0.160 e. The van der Waals surface area contributed by atoms with Crippen LogP contribution in [0.15, 0.2) is 186 Å². The van der Waals surface area contributed by atoms with Crippen LogP contribution in [0, 0.1) is 0 Å². The Morgan fingerprint density at radius 2 is 1.04 bits per heavy atom. The molecule has 0 aliphatic heterocycles. The molecule has 264 valence electrons. The summed E-state index contributed by atoms with van der Waals surface area (Å²) in [4.78, 5) is 10.4. The molecule has 0 N–H and O–H groups in total. The zero-order valence-electron chi connectivity index (χ0n) is 31.1. The van der Waals surface area contributed by atoms with Crippen LogP contribution < -0.4 is 0 Å². The van der Waals surface area contributed by atoms with Crippen LogP contribution in [0.1, 0.15) is 25.0 Å². The fraction of sp³-hybridized carbons (Fsp3) is 0.0566. The molecule has 0 fully saturated rings. The van der Waals surface area contributed by atoms with E-state index in [0.717, 1.165) is 66.7 Å². The van der Waals surface area contributed by atoms with Crippen molar-refractivity contribution >= 4 is 32.7 Å². The first-order valence-electron chi connectivity index (χ1n) is 19.2. The number of benzene rings is 8. The Hall–Kier alpha value is -7.10. The molecule has 3 nitrogen and oxygen atoms in total. The lowest BCUT2D eigenvalue weighted by Gasteiger charge is -2.22. The Kier molecular flexibility index (Phi) is 7.20. The predicted molar refractivity (Wildman–Crippen MR) is 232 cm³/mol. The van der Waals surface area contributed by atoms with Gasteiger partial charge in [-0.05, 0) is 110 Å². The number of fused-ring (bicyclic) bond motifs is 7. The molecule has 0 atom stereocenters. The van der Waals surface area contributed by atoms with Crippen molar-refractivity contribution in [3.63, 3.8) is 0 Å². The second-order valence-electron chi connectivity index (χ2n) is 15.4. The van der Waals surface area contributed by atoms with Gasteiger partial charge in [-0.1, -0.05) is 141 Å². The molecule has 0 bridgehead atoms. The molecule has 0 saturated heterocycles. The van der Waals surface area contributed by atoms with Gasteiger partial charge < -0.3 is 4.42 Å². The number of para-hydroxylation sites is 1. The average molecular weight is 717 g/mol. The predicted octanol–water partition coefficient (Wildman–Crippen LogP) is 14.2. The van der Waals surface area contributed by atoms with Crippen molar-refractivity contribution in [2.45, 2.75) is 19.3 Å². The fourth-order valence-corrected chi connectivity index (χ4v) is 8.78.